The number of hydrogen-bond acceptors (Lipinski definition) is 3. The van der Waals surface area contributed by atoms with Gasteiger partial charge in [-0.05, 0) is 38.5 Å². The van der Waals surface area contributed by atoms with Gasteiger partial charge in [-0.3, -0.25) is 0 Å². The third-order valence-corrected chi connectivity index (χ3v) is 4.14. The average molecular weight is 311 g/mol. The summed E-state index contributed by atoms with van der Waals surface area (Å²) in [5, 5.41) is 4.54. The molecule has 0 amide bonds. The van der Waals surface area contributed by atoms with Gasteiger partial charge in [0.15, 0.2) is 0 Å². The van der Waals surface area contributed by atoms with E-state index in [1.165, 1.54) is 12.5 Å². The van der Waals surface area contributed by atoms with Crippen LogP contribution in [0.1, 0.15) is 26.5 Å². The van der Waals surface area contributed by atoms with Crippen molar-refractivity contribution in [2.45, 2.75) is 25.5 Å². The Morgan fingerprint density at radius 2 is 1.95 bits per heavy atom. The van der Waals surface area contributed by atoms with Crippen LogP contribution in [-0.4, -0.2) is 20.3 Å². The quantitative estimate of drug-likeness (QED) is 0.808. The Morgan fingerprint density at radius 1 is 1.30 bits per heavy atom. The third kappa shape index (κ3) is 3.55. The standard InChI is InChI=1S/C14H15ClN2O2S/c1-14(2,3)20(18)16-8-13-12(9-19-17-13)10-4-6-11(15)7-5-10/h4-9H,1-3H3. The second-order valence-electron chi connectivity index (χ2n) is 5.22. The fraction of sp³-hybridized carbons (Fsp3) is 0.286. The van der Waals surface area contributed by atoms with Gasteiger partial charge in [0.2, 0.25) is 0 Å². The van der Waals surface area contributed by atoms with Gasteiger partial charge in [0.1, 0.15) is 22.9 Å². The Hall–Kier alpha value is -1.46. The van der Waals surface area contributed by atoms with Gasteiger partial charge >= 0.3 is 0 Å². The van der Waals surface area contributed by atoms with Gasteiger partial charge in [-0.15, -0.1) is 0 Å². The first kappa shape index (κ1) is 14.9. The van der Waals surface area contributed by atoms with Crippen molar-refractivity contribution in [3.63, 3.8) is 0 Å². The number of aromatic nitrogens is 1. The van der Waals surface area contributed by atoms with Crippen molar-refractivity contribution < 1.29 is 8.73 Å². The zero-order valence-electron chi connectivity index (χ0n) is 11.5. The zero-order valence-corrected chi connectivity index (χ0v) is 13.0. The molecule has 0 aliphatic heterocycles. The summed E-state index contributed by atoms with van der Waals surface area (Å²) in [6.07, 6.45) is 3.01. The first-order valence-corrected chi connectivity index (χ1v) is 7.53. The molecule has 0 radical (unpaired) electrons. The molecule has 1 atom stereocenters. The van der Waals surface area contributed by atoms with Crippen LogP contribution in [0.15, 0.2) is 39.4 Å². The van der Waals surface area contributed by atoms with Crippen molar-refractivity contribution in [3.8, 4) is 11.1 Å². The average Bonchev–Trinajstić information content (AvgIpc) is 2.84. The van der Waals surface area contributed by atoms with Crippen molar-refractivity contribution in [2.75, 3.05) is 0 Å². The molecule has 0 fully saturated rings. The van der Waals surface area contributed by atoms with E-state index in [9.17, 15) is 4.21 Å². The van der Waals surface area contributed by atoms with Gasteiger partial charge < -0.3 is 4.52 Å². The predicted molar refractivity (Wildman–Crippen MR) is 82.4 cm³/mol. The van der Waals surface area contributed by atoms with Gasteiger partial charge in [0.05, 0.1) is 16.5 Å². The van der Waals surface area contributed by atoms with Crippen molar-refractivity contribution in [2.24, 2.45) is 4.40 Å². The summed E-state index contributed by atoms with van der Waals surface area (Å²) >= 11 is 5.86. The summed E-state index contributed by atoms with van der Waals surface area (Å²) in [6.45, 7) is 5.59. The molecule has 0 aliphatic carbocycles. The Labute approximate surface area is 125 Å². The fourth-order valence-electron chi connectivity index (χ4n) is 1.44. The molecule has 1 aromatic heterocycles. The fourth-order valence-corrected chi connectivity index (χ4v) is 2.08. The summed E-state index contributed by atoms with van der Waals surface area (Å²) in [5.41, 5.74) is 2.25. The highest BCUT2D eigenvalue weighted by molar-refractivity contribution is 7.85. The smallest absolute Gasteiger partial charge is 0.144 e. The van der Waals surface area contributed by atoms with Gasteiger partial charge in [-0.1, -0.05) is 28.9 Å². The summed E-state index contributed by atoms with van der Waals surface area (Å²) in [6, 6.07) is 7.32. The minimum Gasteiger partial charge on any atom is -0.363 e. The number of halogens is 1. The van der Waals surface area contributed by atoms with Crippen LogP contribution in [0.4, 0.5) is 0 Å². The van der Waals surface area contributed by atoms with E-state index in [0.29, 0.717) is 10.7 Å². The van der Waals surface area contributed by atoms with Gasteiger partial charge in [0, 0.05) is 5.02 Å². The molecule has 0 aliphatic rings. The maximum atomic E-state index is 11.9. The van der Waals surface area contributed by atoms with Crippen molar-refractivity contribution in [1.29, 1.82) is 0 Å². The molecule has 1 unspecified atom stereocenters. The lowest BCUT2D eigenvalue weighted by atomic mass is 10.1. The molecular weight excluding hydrogens is 296 g/mol. The Morgan fingerprint density at radius 3 is 2.55 bits per heavy atom. The monoisotopic (exact) mass is 310 g/mol. The molecule has 0 spiro atoms. The molecule has 2 aromatic rings. The summed E-state index contributed by atoms with van der Waals surface area (Å²) in [5.74, 6) is 0. The first-order chi connectivity index (χ1) is 9.38. The molecule has 0 bridgehead atoms. The molecule has 1 heterocycles. The van der Waals surface area contributed by atoms with Crippen LogP contribution in [0.3, 0.4) is 0 Å². The van der Waals surface area contributed by atoms with Crippen LogP contribution < -0.4 is 0 Å². The Kier molecular flexibility index (Phi) is 4.40. The van der Waals surface area contributed by atoms with E-state index in [-0.39, 0.29) is 0 Å². The van der Waals surface area contributed by atoms with Crippen LogP contribution in [0, 0.1) is 0 Å². The van der Waals surface area contributed by atoms with Crippen LogP contribution in [-0.2, 0) is 11.0 Å². The molecule has 0 saturated carbocycles. The highest BCUT2D eigenvalue weighted by atomic mass is 35.5. The molecule has 106 valence electrons. The molecule has 20 heavy (non-hydrogen) atoms. The summed E-state index contributed by atoms with van der Waals surface area (Å²) < 4.78 is 20.5. The lowest BCUT2D eigenvalue weighted by Crippen LogP contribution is -2.19. The van der Waals surface area contributed by atoms with E-state index >= 15 is 0 Å². The normalized spacial score (nSPS) is 13.8. The summed E-state index contributed by atoms with van der Waals surface area (Å²) in [4.78, 5) is 0. The number of hydrogen-bond donors (Lipinski definition) is 0. The van der Waals surface area contributed by atoms with E-state index < -0.39 is 15.7 Å². The second-order valence-corrected chi connectivity index (χ2v) is 7.59. The molecule has 6 heteroatoms. The lowest BCUT2D eigenvalue weighted by Gasteiger charge is -2.12. The molecule has 2 rings (SSSR count). The van der Waals surface area contributed by atoms with Gasteiger partial charge in [0.25, 0.3) is 0 Å². The maximum absolute atomic E-state index is 11.9. The Bertz CT molecular complexity index is 642. The van der Waals surface area contributed by atoms with E-state index in [1.807, 2.05) is 32.9 Å². The SMILES string of the molecule is CC(C)(C)S(=O)N=Cc1nocc1-c1ccc(Cl)cc1. The second kappa shape index (κ2) is 5.89. The minimum absolute atomic E-state index is 0.402. The molecule has 4 nitrogen and oxygen atoms in total. The number of rotatable bonds is 3. The highest BCUT2D eigenvalue weighted by Crippen LogP contribution is 2.24. The number of nitrogens with zero attached hydrogens (tertiary/aromatic N) is 2. The topological polar surface area (TPSA) is 55.5 Å². The highest BCUT2D eigenvalue weighted by Gasteiger charge is 2.18. The number of benzene rings is 1. The van der Waals surface area contributed by atoms with Crippen LogP contribution in [0.25, 0.3) is 11.1 Å². The van der Waals surface area contributed by atoms with Crippen molar-refractivity contribution in [1.82, 2.24) is 5.16 Å². The van der Waals surface area contributed by atoms with E-state index in [4.69, 9.17) is 16.1 Å². The molecule has 1 aromatic carbocycles. The zero-order chi connectivity index (χ0) is 14.8. The lowest BCUT2D eigenvalue weighted by molar-refractivity contribution is 0.419. The third-order valence-electron chi connectivity index (χ3n) is 2.55. The van der Waals surface area contributed by atoms with Crippen LogP contribution in [0.5, 0.6) is 0 Å². The van der Waals surface area contributed by atoms with Crippen LogP contribution >= 0.6 is 11.6 Å². The summed E-state index contributed by atoms with van der Waals surface area (Å²) in [7, 11) is -1.32. The van der Waals surface area contributed by atoms with Crippen molar-refractivity contribution in [3.05, 3.63) is 41.2 Å². The van der Waals surface area contributed by atoms with E-state index in [2.05, 4.69) is 9.55 Å². The Balaban J connectivity index is 2.28. The van der Waals surface area contributed by atoms with E-state index in [1.54, 1.807) is 12.1 Å². The minimum atomic E-state index is -1.32. The van der Waals surface area contributed by atoms with Gasteiger partial charge in [-0.2, -0.15) is 4.40 Å². The maximum Gasteiger partial charge on any atom is 0.144 e. The largest absolute Gasteiger partial charge is 0.363 e. The van der Waals surface area contributed by atoms with E-state index in [0.717, 1.165) is 11.1 Å². The molecular formula is C14H15ClN2O2S. The first-order valence-electron chi connectivity index (χ1n) is 6.04. The van der Waals surface area contributed by atoms with Gasteiger partial charge in [-0.25, -0.2) is 4.21 Å². The predicted octanol–water partition coefficient (Wildman–Crippen LogP) is 3.88. The molecule has 0 saturated heterocycles. The van der Waals surface area contributed by atoms with Crippen molar-refractivity contribution >= 4 is 28.8 Å². The molecule has 0 N–H and O–H groups in total. The van der Waals surface area contributed by atoms with Crippen LogP contribution in [0.2, 0.25) is 5.02 Å².